The first-order valence-corrected chi connectivity index (χ1v) is 8.95. The number of hydrogen-bond donors (Lipinski definition) is 0. The highest BCUT2D eigenvalue weighted by molar-refractivity contribution is 5.77. The summed E-state index contributed by atoms with van der Waals surface area (Å²) in [6.07, 6.45) is 5.23. The van der Waals surface area contributed by atoms with E-state index in [9.17, 15) is 9.18 Å². The van der Waals surface area contributed by atoms with Gasteiger partial charge in [-0.15, -0.1) is 0 Å². The second-order valence-corrected chi connectivity index (χ2v) is 6.65. The molecule has 0 unspecified atom stereocenters. The van der Waals surface area contributed by atoms with Gasteiger partial charge in [0.1, 0.15) is 5.82 Å². The summed E-state index contributed by atoms with van der Waals surface area (Å²) in [6.45, 7) is 2.78. The molecule has 2 heterocycles. The highest BCUT2D eigenvalue weighted by Crippen LogP contribution is 2.22. The lowest BCUT2D eigenvalue weighted by molar-refractivity contribution is -0.134. The number of amides is 1. The first kappa shape index (κ1) is 17.4. The molecule has 132 valence electrons. The molecule has 0 aliphatic carbocycles. The Morgan fingerprint density at radius 3 is 2.92 bits per heavy atom. The Bertz CT molecular complexity index is 545. The molecule has 0 aromatic heterocycles. The SMILES string of the molecule is O=C(CCOC1CCOCC1)N1CCC[C@H]1Cc1cccc(F)c1. The van der Waals surface area contributed by atoms with Crippen molar-refractivity contribution in [3.8, 4) is 0 Å². The van der Waals surface area contributed by atoms with E-state index in [0.29, 0.717) is 13.0 Å². The van der Waals surface area contributed by atoms with Crippen molar-refractivity contribution in [2.24, 2.45) is 0 Å². The van der Waals surface area contributed by atoms with Crippen LogP contribution in [0.1, 0.15) is 37.7 Å². The Morgan fingerprint density at radius 2 is 2.12 bits per heavy atom. The van der Waals surface area contributed by atoms with Gasteiger partial charge in [0.15, 0.2) is 0 Å². The molecule has 0 saturated carbocycles. The van der Waals surface area contributed by atoms with Crippen molar-refractivity contribution in [3.63, 3.8) is 0 Å². The smallest absolute Gasteiger partial charge is 0.225 e. The van der Waals surface area contributed by atoms with Crippen LogP contribution in [0.25, 0.3) is 0 Å². The fourth-order valence-corrected chi connectivity index (χ4v) is 3.61. The van der Waals surface area contributed by atoms with Gasteiger partial charge in [-0.25, -0.2) is 4.39 Å². The third kappa shape index (κ3) is 4.77. The first-order chi connectivity index (χ1) is 11.7. The quantitative estimate of drug-likeness (QED) is 0.802. The van der Waals surface area contributed by atoms with Crippen molar-refractivity contribution < 1.29 is 18.7 Å². The standard InChI is InChI=1S/C19H26FNO3/c20-16-4-1-3-15(13-16)14-17-5-2-9-21(17)19(22)8-12-24-18-6-10-23-11-7-18/h1,3-4,13,17-18H,2,5-12,14H2/t17-/m0/s1. The first-order valence-electron chi connectivity index (χ1n) is 8.95. The van der Waals surface area contributed by atoms with Gasteiger partial charge in [-0.1, -0.05) is 12.1 Å². The van der Waals surface area contributed by atoms with Crippen molar-refractivity contribution in [3.05, 3.63) is 35.6 Å². The van der Waals surface area contributed by atoms with Gasteiger partial charge in [0, 0.05) is 25.8 Å². The molecule has 2 aliphatic rings. The molecule has 1 amide bonds. The summed E-state index contributed by atoms with van der Waals surface area (Å²) in [5.41, 5.74) is 0.957. The molecule has 4 nitrogen and oxygen atoms in total. The highest BCUT2D eigenvalue weighted by Gasteiger charge is 2.28. The molecule has 2 saturated heterocycles. The molecular formula is C19H26FNO3. The second-order valence-electron chi connectivity index (χ2n) is 6.65. The maximum atomic E-state index is 13.3. The summed E-state index contributed by atoms with van der Waals surface area (Å²) in [5, 5.41) is 0. The van der Waals surface area contributed by atoms with Gasteiger partial charge in [0.2, 0.25) is 5.91 Å². The molecule has 1 aromatic carbocycles. The highest BCUT2D eigenvalue weighted by atomic mass is 19.1. The molecule has 1 atom stereocenters. The summed E-state index contributed by atoms with van der Waals surface area (Å²) in [6, 6.07) is 6.86. The van der Waals surface area contributed by atoms with Gasteiger partial charge in [0.25, 0.3) is 0 Å². The van der Waals surface area contributed by atoms with E-state index in [-0.39, 0.29) is 23.9 Å². The molecule has 3 rings (SSSR count). The van der Waals surface area contributed by atoms with E-state index < -0.39 is 0 Å². The van der Waals surface area contributed by atoms with Gasteiger partial charge in [0.05, 0.1) is 19.1 Å². The van der Waals surface area contributed by atoms with E-state index in [2.05, 4.69) is 0 Å². The van der Waals surface area contributed by atoms with Crippen molar-refractivity contribution >= 4 is 5.91 Å². The summed E-state index contributed by atoms with van der Waals surface area (Å²) in [4.78, 5) is 14.5. The zero-order chi connectivity index (χ0) is 16.8. The molecule has 5 heteroatoms. The monoisotopic (exact) mass is 335 g/mol. The van der Waals surface area contributed by atoms with Crippen LogP contribution in [-0.2, 0) is 20.7 Å². The van der Waals surface area contributed by atoms with E-state index in [0.717, 1.165) is 57.4 Å². The van der Waals surface area contributed by atoms with E-state index in [1.54, 1.807) is 12.1 Å². The average molecular weight is 335 g/mol. The lowest BCUT2D eigenvalue weighted by atomic mass is 10.0. The number of likely N-dealkylation sites (tertiary alicyclic amines) is 1. The van der Waals surface area contributed by atoms with Crippen molar-refractivity contribution in [2.75, 3.05) is 26.4 Å². The molecule has 2 aliphatic heterocycles. The summed E-state index contributed by atoms with van der Waals surface area (Å²) >= 11 is 0. The number of halogens is 1. The third-order valence-corrected chi connectivity index (χ3v) is 4.90. The van der Waals surface area contributed by atoms with Crippen LogP contribution in [0.15, 0.2) is 24.3 Å². The van der Waals surface area contributed by atoms with Gasteiger partial charge < -0.3 is 14.4 Å². The van der Waals surface area contributed by atoms with Crippen LogP contribution < -0.4 is 0 Å². The molecular weight excluding hydrogens is 309 g/mol. The van der Waals surface area contributed by atoms with Crippen molar-refractivity contribution in [1.82, 2.24) is 4.90 Å². The van der Waals surface area contributed by atoms with Crippen molar-refractivity contribution in [2.45, 2.75) is 50.7 Å². The minimum absolute atomic E-state index is 0.154. The van der Waals surface area contributed by atoms with Crippen LogP contribution >= 0.6 is 0 Å². The Morgan fingerprint density at radius 1 is 1.29 bits per heavy atom. The topological polar surface area (TPSA) is 38.8 Å². The summed E-state index contributed by atoms with van der Waals surface area (Å²) < 4.78 is 24.4. The third-order valence-electron chi connectivity index (χ3n) is 4.90. The van der Waals surface area contributed by atoms with Crippen LogP contribution in [0, 0.1) is 5.82 Å². The Hall–Kier alpha value is -1.46. The predicted molar refractivity (Wildman–Crippen MR) is 89.2 cm³/mol. The zero-order valence-corrected chi connectivity index (χ0v) is 14.1. The molecule has 0 radical (unpaired) electrons. The number of carbonyl (C=O) groups excluding carboxylic acids is 1. The Kier molecular flexibility index (Phi) is 6.21. The predicted octanol–water partition coefficient (Wildman–Crippen LogP) is 2.94. The fraction of sp³-hybridized carbons (Fsp3) is 0.632. The van der Waals surface area contributed by atoms with E-state index >= 15 is 0 Å². The van der Waals surface area contributed by atoms with E-state index in [1.807, 2.05) is 11.0 Å². The van der Waals surface area contributed by atoms with E-state index in [4.69, 9.17) is 9.47 Å². The van der Waals surface area contributed by atoms with Gasteiger partial charge in [-0.3, -0.25) is 4.79 Å². The van der Waals surface area contributed by atoms with Crippen LogP contribution in [-0.4, -0.2) is 49.3 Å². The number of benzene rings is 1. The van der Waals surface area contributed by atoms with Crippen LogP contribution in [0.2, 0.25) is 0 Å². The van der Waals surface area contributed by atoms with E-state index in [1.165, 1.54) is 6.07 Å². The van der Waals surface area contributed by atoms with Crippen LogP contribution in [0.5, 0.6) is 0 Å². The molecule has 1 aromatic rings. The largest absolute Gasteiger partial charge is 0.381 e. The molecule has 0 bridgehead atoms. The Balaban J connectivity index is 1.46. The Labute approximate surface area is 142 Å². The molecule has 0 N–H and O–H groups in total. The zero-order valence-electron chi connectivity index (χ0n) is 14.1. The average Bonchev–Trinajstić information content (AvgIpc) is 3.04. The molecule has 0 spiro atoms. The minimum atomic E-state index is -0.215. The van der Waals surface area contributed by atoms with Gasteiger partial charge in [-0.05, 0) is 49.8 Å². The molecule has 24 heavy (non-hydrogen) atoms. The van der Waals surface area contributed by atoms with Crippen LogP contribution in [0.3, 0.4) is 0 Å². The van der Waals surface area contributed by atoms with Crippen LogP contribution in [0.4, 0.5) is 4.39 Å². The number of ether oxygens (including phenoxy) is 2. The maximum absolute atomic E-state index is 13.3. The minimum Gasteiger partial charge on any atom is -0.381 e. The number of carbonyl (C=O) groups is 1. The lowest BCUT2D eigenvalue weighted by Gasteiger charge is -2.26. The second kappa shape index (κ2) is 8.58. The lowest BCUT2D eigenvalue weighted by Crippen LogP contribution is -2.37. The van der Waals surface area contributed by atoms with Gasteiger partial charge >= 0.3 is 0 Å². The number of rotatable bonds is 6. The summed E-state index contributed by atoms with van der Waals surface area (Å²) in [7, 11) is 0. The van der Waals surface area contributed by atoms with Gasteiger partial charge in [-0.2, -0.15) is 0 Å². The van der Waals surface area contributed by atoms with Crippen molar-refractivity contribution in [1.29, 1.82) is 0 Å². The summed E-state index contributed by atoms with van der Waals surface area (Å²) in [5.74, 6) is -0.0609. The number of hydrogen-bond acceptors (Lipinski definition) is 3. The fourth-order valence-electron chi connectivity index (χ4n) is 3.61. The molecule has 2 fully saturated rings. The maximum Gasteiger partial charge on any atom is 0.225 e. The normalized spacial score (nSPS) is 22.0. The number of nitrogens with zero attached hydrogens (tertiary/aromatic N) is 1.